The quantitative estimate of drug-likeness (QED) is 0.0709. The number of aliphatic carboxylic acids is 1. The van der Waals surface area contributed by atoms with Crippen LogP contribution in [-0.4, -0.2) is 107 Å². The lowest BCUT2D eigenvalue weighted by Crippen LogP contribution is -2.55. The maximum Gasteiger partial charge on any atom is 0.349 e. The Bertz CT molecular complexity index is 3120. The van der Waals surface area contributed by atoms with E-state index < -0.39 is 63.7 Å². The Balaban J connectivity index is 0.816. The molecule has 4 aliphatic heterocycles. The van der Waals surface area contributed by atoms with E-state index in [2.05, 4.69) is 16.0 Å². The van der Waals surface area contributed by atoms with Gasteiger partial charge in [0.2, 0.25) is 21.8 Å². The van der Waals surface area contributed by atoms with E-state index in [4.69, 9.17) is 21.4 Å². The van der Waals surface area contributed by atoms with Crippen LogP contribution in [0.15, 0.2) is 72.8 Å². The van der Waals surface area contributed by atoms with E-state index in [0.717, 1.165) is 33.7 Å². The topological polar surface area (TPSA) is 232 Å². The minimum absolute atomic E-state index is 0.0299. The normalized spacial score (nSPS) is 19.6. The molecule has 3 fully saturated rings. The standard InChI is InChI=1S/C49H48ClFN6O11S2/c1-49(2)23-31(52-29-6-3-5-27(21-29)43-41(50)42(68-24-39(59)60)44(69-43)47(63)64)17-20-56(49)70(66,67)25-28-22-30(9-11-35(28)51)53-48(65)55-18-15-26(16-19-55)32-10-12-36-40-33(32)7-4-8-34(40)46(62)57(36)37-13-14-38(58)54-45(37)61/h3-12,21-22,26,31,37,52H,13-20,23-25H2,1-2H3,(H,53,65)(H,59,60)(H,63,64)(H,54,58,61)/t31-,37?/m0/s1. The summed E-state index contributed by atoms with van der Waals surface area (Å²) in [5.74, 6) is -5.29. The van der Waals surface area contributed by atoms with Crippen molar-refractivity contribution in [2.75, 3.05) is 41.8 Å². The first kappa shape index (κ1) is 48.4. The molecule has 366 valence electrons. The highest BCUT2D eigenvalue weighted by Crippen LogP contribution is 2.47. The van der Waals surface area contributed by atoms with Crippen molar-refractivity contribution >= 4 is 96.5 Å². The number of nitrogens with one attached hydrogen (secondary N) is 3. The Labute approximate surface area is 410 Å². The molecule has 4 aromatic carbocycles. The first-order valence-electron chi connectivity index (χ1n) is 22.6. The van der Waals surface area contributed by atoms with E-state index in [1.165, 1.54) is 21.3 Å². The summed E-state index contributed by atoms with van der Waals surface area (Å²) in [6, 6.07) is 18.9. The van der Waals surface area contributed by atoms with Crippen molar-refractivity contribution < 1.29 is 56.5 Å². The van der Waals surface area contributed by atoms with Crippen LogP contribution in [0.2, 0.25) is 5.02 Å². The van der Waals surface area contributed by atoms with Gasteiger partial charge in [-0.05, 0) is 111 Å². The number of nitrogens with zero attached hydrogens (tertiary/aromatic N) is 3. The van der Waals surface area contributed by atoms with Crippen LogP contribution in [-0.2, 0) is 30.2 Å². The minimum atomic E-state index is -4.08. The van der Waals surface area contributed by atoms with Gasteiger partial charge in [-0.15, -0.1) is 11.3 Å². The first-order valence-corrected chi connectivity index (χ1v) is 25.4. The van der Waals surface area contributed by atoms with Crippen LogP contribution in [0.25, 0.3) is 21.2 Å². The van der Waals surface area contributed by atoms with Crippen molar-refractivity contribution in [2.45, 2.75) is 81.7 Å². The first-order chi connectivity index (χ1) is 33.3. The molecule has 1 aromatic heterocycles. The number of benzene rings is 4. The number of ether oxygens (including phenoxy) is 1. The fraction of sp³-hybridized carbons (Fsp3) is 0.347. The molecule has 5 amide bonds. The number of carbonyl (C=O) groups excluding carboxylic acids is 4. The number of hydrogen-bond donors (Lipinski definition) is 5. The number of carboxylic acid groups (broad SMARTS) is 2. The number of thiophene rings is 1. The molecule has 0 bridgehead atoms. The molecule has 2 atom stereocenters. The largest absolute Gasteiger partial charge is 0.479 e. The molecule has 5 heterocycles. The predicted octanol–water partition coefficient (Wildman–Crippen LogP) is 7.88. The number of hydrogen-bond acceptors (Lipinski definition) is 11. The van der Waals surface area contributed by atoms with Crippen LogP contribution in [0.3, 0.4) is 0 Å². The van der Waals surface area contributed by atoms with Crippen molar-refractivity contribution in [3.63, 3.8) is 0 Å². The highest BCUT2D eigenvalue weighted by molar-refractivity contribution is 7.88. The highest BCUT2D eigenvalue weighted by Gasteiger charge is 2.43. The molecule has 17 nitrogen and oxygen atoms in total. The monoisotopic (exact) mass is 1010 g/mol. The fourth-order valence-corrected chi connectivity index (χ4v) is 13.6. The van der Waals surface area contributed by atoms with Gasteiger partial charge >= 0.3 is 18.0 Å². The van der Waals surface area contributed by atoms with Gasteiger partial charge in [0.1, 0.15) is 16.9 Å². The second-order valence-corrected chi connectivity index (χ2v) is 21.8. The van der Waals surface area contributed by atoms with Gasteiger partial charge in [-0.3, -0.25) is 24.6 Å². The zero-order valence-electron chi connectivity index (χ0n) is 37.9. The van der Waals surface area contributed by atoms with Crippen LogP contribution >= 0.6 is 22.9 Å². The van der Waals surface area contributed by atoms with E-state index >= 15 is 4.39 Å². The van der Waals surface area contributed by atoms with E-state index in [9.17, 15) is 42.3 Å². The van der Waals surface area contributed by atoms with E-state index in [1.54, 1.807) is 49.1 Å². The number of halogens is 2. The molecule has 4 aliphatic rings. The number of sulfonamides is 1. The number of carbonyl (C=O) groups is 6. The molecule has 9 rings (SSSR count). The summed E-state index contributed by atoms with van der Waals surface area (Å²) in [5.41, 5.74) is 2.62. The summed E-state index contributed by atoms with van der Waals surface area (Å²) in [7, 11) is -4.08. The molecule has 3 saturated heterocycles. The van der Waals surface area contributed by atoms with Gasteiger partial charge < -0.3 is 30.5 Å². The lowest BCUT2D eigenvalue weighted by Gasteiger charge is -2.45. The summed E-state index contributed by atoms with van der Waals surface area (Å²) in [5, 5.41) is 29.0. The summed E-state index contributed by atoms with van der Waals surface area (Å²) in [6.45, 7) is 3.75. The van der Waals surface area contributed by atoms with Crippen LogP contribution in [0, 0.1) is 5.82 Å². The van der Waals surface area contributed by atoms with Crippen molar-refractivity contribution in [2.24, 2.45) is 0 Å². The number of piperidine rings is 3. The van der Waals surface area contributed by atoms with Gasteiger partial charge in [0.05, 0.1) is 16.3 Å². The van der Waals surface area contributed by atoms with E-state index in [-0.39, 0.29) is 70.1 Å². The van der Waals surface area contributed by atoms with Crippen molar-refractivity contribution in [1.29, 1.82) is 0 Å². The van der Waals surface area contributed by atoms with Gasteiger partial charge in [0, 0.05) is 65.5 Å². The van der Waals surface area contributed by atoms with Gasteiger partial charge in [-0.1, -0.05) is 41.9 Å². The molecule has 0 spiro atoms. The second kappa shape index (κ2) is 19.0. The van der Waals surface area contributed by atoms with Crippen LogP contribution in [0.4, 0.5) is 26.2 Å². The summed E-state index contributed by atoms with van der Waals surface area (Å²) in [4.78, 5) is 78.2. The van der Waals surface area contributed by atoms with Crippen molar-refractivity contribution in [3.8, 4) is 16.2 Å². The molecule has 0 saturated carbocycles. The predicted molar refractivity (Wildman–Crippen MR) is 261 cm³/mol. The number of amides is 5. The Morgan fingerprint density at radius 2 is 1.70 bits per heavy atom. The number of aromatic carboxylic acids is 1. The van der Waals surface area contributed by atoms with Gasteiger partial charge in [0.15, 0.2) is 17.2 Å². The number of rotatable bonds is 13. The van der Waals surface area contributed by atoms with Gasteiger partial charge in [-0.2, -0.15) is 4.31 Å². The average Bonchev–Trinajstić information content (AvgIpc) is 3.79. The third-order valence-corrected chi connectivity index (χ3v) is 17.1. The number of urea groups is 1. The van der Waals surface area contributed by atoms with E-state index in [1.807, 2.05) is 24.3 Å². The summed E-state index contributed by atoms with van der Waals surface area (Å²) in [6.07, 6.45) is 2.40. The third kappa shape index (κ3) is 9.39. The summed E-state index contributed by atoms with van der Waals surface area (Å²) >= 11 is 7.37. The maximum absolute atomic E-state index is 15.4. The Morgan fingerprint density at radius 3 is 2.41 bits per heavy atom. The molecule has 21 heteroatoms. The zero-order valence-corrected chi connectivity index (χ0v) is 40.3. The minimum Gasteiger partial charge on any atom is -0.479 e. The van der Waals surface area contributed by atoms with Crippen LogP contribution < -0.4 is 25.6 Å². The molecule has 0 radical (unpaired) electrons. The number of anilines is 3. The summed E-state index contributed by atoms with van der Waals surface area (Å²) < 4.78 is 50.1. The third-order valence-electron chi connectivity index (χ3n) is 13.4. The van der Waals surface area contributed by atoms with Crippen molar-refractivity contribution in [1.82, 2.24) is 14.5 Å². The Morgan fingerprint density at radius 1 is 0.943 bits per heavy atom. The fourth-order valence-electron chi connectivity index (χ4n) is 10.2. The molecule has 1 unspecified atom stereocenters. The van der Waals surface area contributed by atoms with Crippen molar-refractivity contribution in [3.05, 3.63) is 105 Å². The molecular formula is C49H48ClFN6O11S2. The molecule has 0 aliphatic carbocycles. The zero-order chi connectivity index (χ0) is 49.8. The number of imide groups is 1. The number of likely N-dealkylation sites (tertiary alicyclic amines) is 1. The van der Waals surface area contributed by atoms with Crippen LogP contribution in [0.5, 0.6) is 5.75 Å². The lowest BCUT2D eigenvalue weighted by atomic mass is 9.85. The van der Waals surface area contributed by atoms with Gasteiger partial charge in [0.25, 0.3) is 5.91 Å². The Kier molecular flexibility index (Phi) is 13.1. The molecule has 5 N–H and O–H groups in total. The molecule has 70 heavy (non-hydrogen) atoms. The highest BCUT2D eigenvalue weighted by atomic mass is 35.5. The molecule has 5 aromatic rings. The molecular weight excluding hydrogens is 967 g/mol. The van der Waals surface area contributed by atoms with E-state index in [0.29, 0.717) is 66.2 Å². The SMILES string of the molecule is CC1(C)C[C@@H](Nc2cccc(-c3sc(C(=O)O)c(OCC(=O)O)c3Cl)c2)CCN1S(=O)(=O)Cc1cc(NC(=O)N2CCC(c3ccc4c5c(cccc35)C(=O)N4C3CCC(=O)NC3=O)CC2)ccc1F. The lowest BCUT2D eigenvalue weighted by molar-refractivity contribution is -0.139. The smallest absolute Gasteiger partial charge is 0.349 e. The Hall–Kier alpha value is -6.61. The average molecular weight is 1020 g/mol. The maximum atomic E-state index is 15.4. The van der Waals surface area contributed by atoms with Crippen LogP contribution in [0.1, 0.15) is 89.4 Å². The van der Waals surface area contributed by atoms with Gasteiger partial charge in [-0.25, -0.2) is 27.2 Å². The number of carboxylic acids is 2. The second-order valence-electron chi connectivity index (χ2n) is 18.5.